The number of rotatable bonds is 4. The maximum absolute atomic E-state index is 6.35. The maximum atomic E-state index is 6.35. The van der Waals surface area contributed by atoms with Crippen molar-refractivity contribution in [3.05, 3.63) is 164 Å². The first-order valence-corrected chi connectivity index (χ1v) is 15.3. The van der Waals surface area contributed by atoms with E-state index in [0.29, 0.717) is 0 Å². The van der Waals surface area contributed by atoms with Crippen LogP contribution in [0.4, 0.5) is 0 Å². The van der Waals surface area contributed by atoms with Crippen LogP contribution in [0.25, 0.3) is 88.0 Å². The van der Waals surface area contributed by atoms with Crippen molar-refractivity contribution in [2.45, 2.75) is 0 Å². The van der Waals surface area contributed by atoms with E-state index in [9.17, 15) is 0 Å². The Bertz CT molecular complexity index is 2450. The predicted molar refractivity (Wildman–Crippen MR) is 188 cm³/mol. The van der Waals surface area contributed by atoms with Crippen molar-refractivity contribution in [1.82, 2.24) is 4.98 Å². The number of hydrogen-bond acceptors (Lipinski definition) is 2. The Hall–Kier alpha value is -5.99. The largest absolute Gasteiger partial charge is 0.455 e. The van der Waals surface area contributed by atoms with E-state index in [0.717, 1.165) is 44.2 Å². The van der Waals surface area contributed by atoms with Crippen molar-refractivity contribution in [3.8, 4) is 44.5 Å². The Morgan fingerprint density at radius 3 is 1.44 bits per heavy atom. The van der Waals surface area contributed by atoms with Gasteiger partial charge in [-0.15, -0.1) is 0 Å². The molecule has 210 valence electrons. The fraction of sp³-hybridized carbons (Fsp3) is 0. The van der Waals surface area contributed by atoms with E-state index in [2.05, 4.69) is 138 Å². The van der Waals surface area contributed by atoms with Gasteiger partial charge in [-0.05, 0) is 72.6 Å². The molecule has 0 fully saturated rings. The highest BCUT2D eigenvalue weighted by Crippen LogP contribution is 2.44. The zero-order valence-electron chi connectivity index (χ0n) is 24.4. The number of para-hydroxylation sites is 2. The molecule has 0 amide bonds. The summed E-state index contributed by atoms with van der Waals surface area (Å²) in [4.78, 5) is 4.30. The number of fused-ring (bicyclic) bond motifs is 5. The van der Waals surface area contributed by atoms with Crippen LogP contribution in [0.1, 0.15) is 0 Å². The lowest BCUT2D eigenvalue weighted by Crippen LogP contribution is -1.91. The average molecular weight is 574 g/mol. The first-order valence-electron chi connectivity index (χ1n) is 15.3. The van der Waals surface area contributed by atoms with Gasteiger partial charge >= 0.3 is 0 Å². The molecule has 2 nitrogen and oxygen atoms in total. The maximum Gasteiger partial charge on any atom is 0.143 e. The van der Waals surface area contributed by atoms with Crippen LogP contribution in [0.3, 0.4) is 0 Å². The van der Waals surface area contributed by atoms with Gasteiger partial charge in [0.05, 0.1) is 0 Å². The van der Waals surface area contributed by atoms with Crippen molar-refractivity contribution >= 4 is 43.5 Å². The molecule has 0 radical (unpaired) electrons. The summed E-state index contributed by atoms with van der Waals surface area (Å²) in [5, 5.41) is 7.28. The topological polar surface area (TPSA) is 26.0 Å². The summed E-state index contributed by atoms with van der Waals surface area (Å²) in [5.41, 5.74) is 11.3. The van der Waals surface area contributed by atoms with Crippen molar-refractivity contribution in [3.63, 3.8) is 0 Å². The van der Waals surface area contributed by atoms with E-state index < -0.39 is 0 Å². The van der Waals surface area contributed by atoms with E-state index in [4.69, 9.17) is 4.42 Å². The van der Waals surface area contributed by atoms with Crippen LogP contribution in [-0.4, -0.2) is 4.98 Å². The molecule has 2 heteroatoms. The summed E-state index contributed by atoms with van der Waals surface area (Å²) in [7, 11) is 0. The van der Waals surface area contributed by atoms with E-state index in [1.54, 1.807) is 0 Å². The highest BCUT2D eigenvalue weighted by atomic mass is 16.3. The molecule has 2 heterocycles. The Morgan fingerprint density at radius 1 is 0.356 bits per heavy atom. The summed E-state index contributed by atoms with van der Waals surface area (Å²) in [6, 6.07) is 54.2. The standard InChI is InChI=1S/C43H27NO/c1-3-13-37-35(11-1)41(30-22-18-28(19-23-30)32-9-8-26-44-27-32)36-12-2-4-14-38(36)42(37)31-24-20-29(21-25-31)33-15-7-16-39-34-10-5-6-17-40(34)45-43(33)39/h1-27H. The Balaban J connectivity index is 1.20. The van der Waals surface area contributed by atoms with Gasteiger partial charge in [-0.25, -0.2) is 0 Å². The second-order valence-corrected chi connectivity index (χ2v) is 11.5. The molecule has 0 N–H and O–H groups in total. The number of furan rings is 1. The van der Waals surface area contributed by atoms with Gasteiger partial charge in [-0.3, -0.25) is 4.98 Å². The smallest absolute Gasteiger partial charge is 0.143 e. The average Bonchev–Trinajstić information content (AvgIpc) is 3.50. The zero-order chi connectivity index (χ0) is 29.7. The molecule has 9 aromatic rings. The lowest BCUT2D eigenvalue weighted by Gasteiger charge is -2.18. The quantitative estimate of drug-likeness (QED) is 0.196. The van der Waals surface area contributed by atoms with Crippen molar-refractivity contribution in [1.29, 1.82) is 0 Å². The van der Waals surface area contributed by atoms with Crippen molar-refractivity contribution in [2.75, 3.05) is 0 Å². The third-order valence-corrected chi connectivity index (χ3v) is 8.99. The summed E-state index contributed by atoms with van der Waals surface area (Å²) >= 11 is 0. The summed E-state index contributed by atoms with van der Waals surface area (Å²) in [5.74, 6) is 0. The summed E-state index contributed by atoms with van der Waals surface area (Å²) < 4.78 is 6.35. The molecule has 0 bridgehead atoms. The molecule has 0 spiro atoms. The molecule has 0 aliphatic carbocycles. The highest BCUT2D eigenvalue weighted by molar-refractivity contribution is 6.21. The van der Waals surface area contributed by atoms with Crippen molar-refractivity contribution < 1.29 is 4.42 Å². The van der Waals surface area contributed by atoms with E-state index in [-0.39, 0.29) is 0 Å². The Labute approximate surface area is 260 Å². The molecule has 0 unspecified atom stereocenters. The van der Waals surface area contributed by atoms with Gasteiger partial charge in [0.2, 0.25) is 0 Å². The van der Waals surface area contributed by atoms with E-state index in [1.807, 2.05) is 30.6 Å². The molecule has 9 rings (SSSR count). The van der Waals surface area contributed by atoms with Crippen LogP contribution in [0, 0.1) is 0 Å². The molecule has 7 aromatic carbocycles. The second kappa shape index (κ2) is 10.3. The molecule has 0 saturated heterocycles. The van der Waals surface area contributed by atoms with Crippen LogP contribution in [0.15, 0.2) is 168 Å². The van der Waals surface area contributed by atoms with Gasteiger partial charge in [-0.1, -0.05) is 140 Å². The van der Waals surface area contributed by atoms with Crippen LogP contribution < -0.4 is 0 Å². The first kappa shape index (κ1) is 25.5. The van der Waals surface area contributed by atoms with E-state index in [1.165, 1.54) is 43.8 Å². The number of nitrogens with zero attached hydrogens (tertiary/aromatic N) is 1. The number of aromatic nitrogens is 1. The van der Waals surface area contributed by atoms with Crippen LogP contribution in [-0.2, 0) is 0 Å². The molecule has 2 aromatic heterocycles. The van der Waals surface area contributed by atoms with Crippen LogP contribution >= 0.6 is 0 Å². The van der Waals surface area contributed by atoms with Gasteiger partial charge in [0, 0.05) is 28.7 Å². The van der Waals surface area contributed by atoms with Gasteiger partial charge in [0.1, 0.15) is 11.2 Å². The minimum absolute atomic E-state index is 0.918. The summed E-state index contributed by atoms with van der Waals surface area (Å²) in [6.45, 7) is 0. The van der Waals surface area contributed by atoms with E-state index >= 15 is 0 Å². The fourth-order valence-electron chi connectivity index (χ4n) is 6.90. The normalized spacial score (nSPS) is 11.6. The number of hydrogen-bond donors (Lipinski definition) is 0. The molecule has 0 aliphatic rings. The van der Waals surface area contributed by atoms with Gasteiger partial charge in [-0.2, -0.15) is 0 Å². The monoisotopic (exact) mass is 573 g/mol. The molecular weight excluding hydrogens is 546 g/mol. The summed E-state index contributed by atoms with van der Waals surface area (Å²) in [6.07, 6.45) is 3.73. The van der Waals surface area contributed by atoms with Crippen LogP contribution in [0.5, 0.6) is 0 Å². The van der Waals surface area contributed by atoms with Crippen molar-refractivity contribution in [2.24, 2.45) is 0 Å². The first-order chi connectivity index (χ1) is 22.3. The molecule has 0 saturated carbocycles. The molecule has 45 heavy (non-hydrogen) atoms. The predicted octanol–water partition coefficient (Wildman–Crippen LogP) is 12.0. The highest BCUT2D eigenvalue weighted by Gasteiger charge is 2.17. The molecule has 0 atom stereocenters. The minimum atomic E-state index is 0.918. The zero-order valence-corrected chi connectivity index (χ0v) is 24.4. The van der Waals surface area contributed by atoms with Gasteiger partial charge in [0.15, 0.2) is 0 Å². The van der Waals surface area contributed by atoms with Crippen LogP contribution in [0.2, 0.25) is 0 Å². The third-order valence-electron chi connectivity index (χ3n) is 8.99. The minimum Gasteiger partial charge on any atom is -0.455 e. The fourth-order valence-corrected chi connectivity index (χ4v) is 6.90. The second-order valence-electron chi connectivity index (χ2n) is 11.5. The Morgan fingerprint density at radius 2 is 0.867 bits per heavy atom. The number of pyridine rings is 1. The third kappa shape index (κ3) is 4.15. The Kier molecular flexibility index (Phi) is 5.85. The molecule has 0 aliphatic heterocycles. The molecular formula is C43H27NO. The lowest BCUT2D eigenvalue weighted by molar-refractivity contribution is 0.670. The SMILES string of the molecule is c1cncc(-c2ccc(-c3c4ccccc4c(-c4ccc(-c5cccc6c5oc5ccccc56)cc4)c4ccccc34)cc2)c1. The van der Waals surface area contributed by atoms with Gasteiger partial charge in [0.25, 0.3) is 0 Å². The van der Waals surface area contributed by atoms with Gasteiger partial charge < -0.3 is 4.42 Å². The number of benzene rings is 7. The lowest BCUT2D eigenvalue weighted by atomic mass is 9.85.